The monoisotopic (exact) mass is 702 g/mol. The summed E-state index contributed by atoms with van der Waals surface area (Å²) in [5.74, 6) is -0.0564. The second-order valence-corrected chi connectivity index (χ2v) is 12.5. The fourth-order valence-electron chi connectivity index (χ4n) is 5.35. The molecule has 0 aliphatic carbocycles. The van der Waals surface area contributed by atoms with Crippen molar-refractivity contribution < 1.29 is 23.4 Å². The predicted molar refractivity (Wildman–Crippen MR) is 186 cm³/mol. The summed E-state index contributed by atoms with van der Waals surface area (Å²) in [7, 11) is 0. The number of carbonyl (C=O) groups excluding carboxylic acids is 1. The van der Waals surface area contributed by atoms with Crippen molar-refractivity contribution in [3.05, 3.63) is 154 Å². The van der Waals surface area contributed by atoms with Gasteiger partial charge in [0.15, 0.2) is 16.3 Å². The Hall–Kier alpha value is -4.70. The third kappa shape index (κ3) is 6.94. The highest BCUT2D eigenvalue weighted by molar-refractivity contribution is 7.07. The number of ether oxygens (including phenoxy) is 3. The van der Waals surface area contributed by atoms with Gasteiger partial charge in [-0.3, -0.25) is 9.36 Å². The predicted octanol–water partition coefficient (Wildman–Crippen LogP) is 7.36. The molecule has 244 valence electrons. The number of rotatable bonds is 10. The number of hydrogen-bond donors (Lipinski definition) is 0. The molecule has 0 amide bonds. The minimum atomic E-state index is -0.910. The Bertz CT molecular complexity index is 2200. The van der Waals surface area contributed by atoms with Gasteiger partial charge in [0.25, 0.3) is 5.56 Å². The van der Waals surface area contributed by atoms with Gasteiger partial charge in [0.05, 0.1) is 35.1 Å². The minimum absolute atomic E-state index is 0.125. The van der Waals surface area contributed by atoms with Crippen LogP contribution in [0, 0.1) is 5.82 Å². The molecule has 1 atom stereocenters. The molecule has 0 radical (unpaired) electrons. The summed E-state index contributed by atoms with van der Waals surface area (Å²) in [4.78, 5) is 33.0. The molecule has 0 saturated heterocycles. The lowest BCUT2D eigenvalue weighted by atomic mass is 9.93. The Morgan fingerprint density at radius 2 is 1.71 bits per heavy atom. The Morgan fingerprint density at radius 1 is 0.938 bits per heavy atom. The van der Waals surface area contributed by atoms with E-state index in [0.717, 1.165) is 5.56 Å². The first-order valence-electron chi connectivity index (χ1n) is 15.1. The SMILES string of the molecule is CCOC(=O)C1=C(c2ccccc2)N=c2s/c(=C\c3ccc(OCc4ccc(Cl)cc4Cl)c(OCC)c3)c(=O)n2[C@H]1c1ccc(F)cc1. The first-order valence-corrected chi connectivity index (χ1v) is 16.7. The molecule has 1 aliphatic rings. The zero-order chi connectivity index (χ0) is 33.8. The Labute approximate surface area is 289 Å². The highest BCUT2D eigenvalue weighted by Gasteiger charge is 2.35. The molecular weight excluding hydrogens is 674 g/mol. The summed E-state index contributed by atoms with van der Waals surface area (Å²) in [5, 5.41) is 1.03. The fraction of sp³-hybridized carbons (Fsp3) is 0.162. The summed E-state index contributed by atoms with van der Waals surface area (Å²) < 4.78 is 33.3. The van der Waals surface area contributed by atoms with Gasteiger partial charge in [-0.1, -0.05) is 89.1 Å². The van der Waals surface area contributed by atoms with Crippen LogP contribution in [-0.4, -0.2) is 23.8 Å². The van der Waals surface area contributed by atoms with Crippen LogP contribution >= 0.6 is 34.5 Å². The van der Waals surface area contributed by atoms with E-state index in [0.29, 0.717) is 59.9 Å². The molecule has 4 aromatic carbocycles. The second kappa shape index (κ2) is 14.6. The number of benzene rings is 4. The average molecular weight is 704 g/mol. The molecule has 0 bridgehead atoms. The van der Waals surface area contributed by atoms with Gasteiger partial charge in [0.2, 0.25) is 0 Å². The van der Waals surface area contributed by atoms with Crippen LogP contribution in [0.4, 0.5) is 4.39 Å². The third-order valence-corrected chi connectivity index (χ3v) is 9.09. The number of halogens is 3. The van der Waals surface area contributed by atoms with Crippen molar-refractivity contribution in [1.29, 1.82) is 0 Å². The van der Waals surface area contributed by atoms with Crippen LogP contribution in [0.15, 0.2) is 106 Å². The third-order valence-electron chi connectivity index (χ3n) is 7.52. The molecule has 48 heavy (non-hydrogen) atoms. The molecule has 1 aliphatic heterocycles. The molecule has 11 heteroatoms. The lowest BCUT2D eigenvalue weighted by Gasteiger charge is -2.25. The second-order valence-electron chi connectivity index (χ2n) is 10.6. The van der Waals surface area contributed by atoms with Gasteiger partial charge in [-0.15, -0.1) is 0 Å². The minimum Gasteiger partial charge on any atom is -0.490 e. The van der Waals surface area contributed by atoms with E-state index in [1.165, 1.54) is 28.0 Å². The Morgan fingerprint density at radius 3 is 2.42 bits per heavy atom. The molecule has 6 rings (SSSR count). The van der Waals surface area contributed by atoms with Crippen LogP contribution in [0.2, 0.25) is 10.0 Å². The quantitative estimate of drug-likeness (QED) is 0.142. The molecule has 2 heterocycles. The lowest BCUT2D eigenvalue weighted by molar-refractivity contribution is -0.138. The average Bonchev–Trinajstić information content (AvgIpc) is 3.39. The van der Waals surface area contributed by atoms with E-state index >= 15 is 0 Å². The van der Waals surface area contributed by atoms with Crippen LogP contribution in [0.25, 0.3) is 11.8 Å². The molecule has 1 aromatic heterocycles. The van der Waals surface area contributed by atoms with Crippen molar-refractivity contribution in [2.45, 2.75) is 26.5 Å². The van der Waals surface area contributed by atoms with E-state index in [9.17, 15) is 14.0 Å². The van der Waals surface area contributed by atoms with Crippen molar-refractivity contribution in [2.24, 2.45) is 4.99 Å². The van der Waals surface area contributed by atoms with Crippen LogP contribution in [0.1, 0.15) is 42.1 Å². The van der Waals surface area contributed by atoms with Crippen molar-refractivity contribution in [2.75, 3.05) is 13.2 Å². The number of nitrogens with zero attached hydrogens (tertiary/aromatic N) is 2. The largest absolute Gasteiger partial charge is 0.490 e. The Kier molecular flexibility index (Phi) is 10.1. The van der Waals surface area contributed by atoms with E-state index in [-0.39, 0.29) is 24.3 Å². The molecule has 0 unspecified atom stereocenters. The Balaban J connectivity index is 1.46. The summed E-state index contributed by atoms with van der Waals surface area (Å²) >= 11 is 13.5. The van der Waals surface area contributed by atoms with Crippen LogP contribution in [-0.2, 0) is 16.1 Å². The van der Waals surface area contributed by atoms with Gasteiger partial charge < -0.3 is 14.2 Å². The van der Waals surface area contributed by atoms with E-state index in [4.69, 9.17) is 42.4 Å². The van der Waals surface area contributed by atoms with E-state index < -0.39 is 17.8 Å². The number of thiazole rings is 1. The molecule has 0 saturated carbocycles. The van der Waals surface area contributed by atoms with Crippen molar-refractivity contribution in [3.63, 3.8) is 0 Å². The number of fused-ring (bicyclic) bond motifs is 1. The van der Waals surface area contributed by atoms with Crippen LogP contribution < -0.4 is 24.4 Å². The maximum atomic E-state index is 14.2. The van der Waals surface area contributed by atoms with Crippen molar-refractivity contribution in [3.8, 4) is 11.5 Å². The molecule has 0 fully saturated rings. The fourth-order valence-corrected chi connectivity index (χ4v) is 6.81. The van der Waals surface area contributed by atoms with E-state index in [1.807, 2.05) is 43.3 Å². The van der Waals surface area contributed by atoms with Gasteiger partial charge in [-0.25, -0.2) is 14.2 Å². The van der Waals surface area contributed by atoms with Gasteiger partial charge in [-0.2, -0.15) is 0 Å². The van der Waals surface area contributed by atoms with Crippen molar-refractivity contribution >= 4 is 52.3 Å². The normalized spacial score (nSPS) is 14.4. The van der Waals surface area contributed by atoms with Crippen LogP contribution in [0.5, 0.6) is 11.5 Å². The lowest BCUT2D eigenvalue weighted by Crippen LogP contribution is -2.40. The maximum absolute atomic E-state index is 14.2. The standard InChI is InChI=1S/C37H29Cl2FN2O5S/c1-3-45-30-18-22(10-17-29(30)47-21-25-11-14-26(38)20-28(25)39)19-31-35(43)42-34(24-12-15-27(40)16-13-24)32(36(44)46-4-2)33(41-37(42)48-31)23-8-6-5-7-9-23/h5-20,34H,3-4,21H2,1-2H3/b31-19-/t34-/m0/s1. The number of carbonyl (C=O) groups is 1. The zero-order valence-corrected chi connectivity index (χ0v) is 28.2. The first-order chi connectivity index (χ1) is 23.3. The molecular formula is C37H29Cl2FN2O5S. The first kappa shape index (κ1) is 33.2. The van der Waals surface area contributed by atoms with E-state index in [1.54, 1.807) is 55.5 Å². The molecule has 7 nitrogen and oxygen atoms in total. The summed E-state index contributed by atoms with van der Waals surface area (Å²) in [5.41, 5.74) is 2.89. The molecule has 5 aromatic rings. The number of esters is 1. The maximum Gasteiger partial charge on any atom is 0.338 e. The smallest absolute Gasteiger partial charge is 0.338 e. The molecule has 0 N–H and O–H groups in total. The topological polar surface area (TPSA) is 79.1 Å². The highest BCUT2D eigenvalue weighted by atomic mass is 35.5. The van der Waals surface area contributed by atoms with Crippen molar-refractivity contribution in [1.82, 2.24) is 4.57 Å². The number of aromatic nitrogens is 1. The zero-order valence-electron chi connectivity index (χ0n) is 25.9. The van der Waals surface area contributed by atoms with Gasteiger partial charge in [0, 0.05) is 21.2 Å². The highest BCUT2D eigenvalue weighted by Crippen LogP contribution is 2.35. The number of hydrogen-bond acceptors (Lipinski definition) is 7. The molecule has 0 spiro atoms. The summed E-state index contributed by atoms with van der Waals surface area (Å²) in [6.45, 7) is 4.29. The van der Waals surface area contributed by atoms with Gasteiger partial charge in [-0.05, 0) is 67.4 Å². The summed E-state index contributed by atoms with van der Waals surface area (Å²) in [6.07, 6.45) is 1.74. The van der Waals surface area contributed by atoms with Gasteiger partial charge in [0.1, 0.15) is 12.4 Å². The van der Waals surface area contributed by atoms with Gasteiger partial charge >= 0.3 is 5.97 Å². The van der Waals surface area contributed by atoms with Crippen LogP contribution in [0.3, 0.4) is 0 Å². The van der Waals surface area contributed by atoms with E-state index in [2.05, 4.69) is 0 Å². The summed E-state index contributed by atoms with van der Waals surface area (Å²) in [6, 6.07) is 24.6.